The Kier molecular flexibility index (Phi) is 4.86. The van der Waals surface area contributed by atoms with E-state index in [0.29, 0.717) is 13.0 Å². The summed E-state index contributed by atoms with van der Waals surface area (Å²) in [6, 6.07) is 17.7. The number of hydrogen-bond donors (Lipinski definition) is 1. The lowest BCUT2D eigenvalue weighted by atomic mass is 9.74. The van der Waals surface area contributed by atoms with Gasteiger partial charge in [-0.25, -0.2) is 0 Å². The third-order valence-electron chi connectivity index (χ3n) is 4.87. The molecule has 4 heteroatoms. The molecule has 1 aliphatic rings. The first-order valence-electron chi connectivity index (χ1n) is 8.28. The second-order valence-electron chi connectivity index (χ2n) is 6.42. The molecule has 1 heterocycles. The Morgan fingerprint density at radius 2 is 1.88 bits per heavy atom. The minimum absolute atomic E-state index is 0.531. The van der Waals surface area contributed by atoms with Crippen molar-refractivity contribution in [3.63, 3.8) is 0 Å². The van der Waals surface area contributed by atoms with E-state index < -0.39 is 11.4 Å². The van der Waals surface area contributed by atoms with Crippen molar-refractivity contribution in [3.8, 4) is 5.75 Å². The molecule has 0 aromatic heterocycles. The number of carbonyl (C=O) groups is 1. The van der Waals surface area contributed by atoms with Gasteiger partial charge < -0.3 is 9.84 Å². The molecule has 0 saturated carbocycles. The van der Waals surface area contributed by atoms with E-state index in [1.165, 1.54) is 5.56 Å². The first-order valence-corrected chi connectivity index (χ1v) is 8.28. The summed E-state index contributed by atoms with van der Waals surface area (Å²) in [6.07, 6.45) is 1.55. The Bertz CT molecular complexity index is 684. The number of aliphatic carboxylic acids is 1. The Hall–Kier alpha value is -2.33. The number of piperidine rings is 1. The van der Waals surface area contributed by atoms with Crippen LogP contribution in [0.15, 0.2) is 54.6 Å². The number of carboxylic acid groups (broad SMARTS) is 1. The molecule has 0 bridgehead atoms. The second kappa shape index (κ2) is 7.05. The number of rotatable bonds is 5. The van der Waals surface area contributed by atoms with Gasteiger partial charge in [-0.1, -0.05) is 42.5 Å². The normalized spacial score (nSPS) is 21.4. The highest BCUT2D eigenvalue weighted by molar-refractivity contribution is 5.82. The smallest absolute Gasteiger partial charge is 0.315 e. The minimum Gasteiger partial charge on any atom is -0.497 e. The molecular formula is C20H23NO3. The van der Waals surface area contributed by atoms with Gasteiger partial charge in [0.05, 0.1) is 7.11 Å². The van der Waals surface area contributed by atoms with Crippen LogP contribution in [0.3, 0.4) is 0 Å². The van der Waals surface area contributed by atoms with Gasteiger partial charge in [0.25, 0.3) is 0 Å². The zero-order chi connectivity index (χ0) is 17.0. The third kappa shape index (κ3) is 3.29. The molecule has 1 saturated heterocycles. The minimum atomic E-state index is -0.848. The zero-order valence-electron chi connectivity index (χ0n) is 13.9. The van der Waals surface area contributed by atoms with Crippen molar-refractivity contribution < 1.29 is 14.6 Å². The number of hydrogen-bond acceptors (Lipinski definition) is 3. The highest BCUT2D eigenvalue weighted by atomic mass is 16.5. The van der Waals surface area contributed by atoms with E-state index in [9.17, 15) is 9.90 Å². The van der Waals surface area contributed by atoms with Crippen LogP contribution >= 0.6 is 0 Å². The number of carboxylic acids is 1. The molecule has 1 fully saturated rings. The van der Waals surface area contributed by atoms with Gasteiger partial charge in [0.15, 0.2) is 0 Å². The third-order valence-corrected chi connectivity index (χ3v) is 4.87. The van der Waals surface area contributed by atoms with Crippen LogP contribution < -0.4 is 4.74 Å². The Labute approximate surface area is 142 Å². The maximum absolute atomic E-state index is 12.2. The van der Waals surface area contributed by atoms with Crippen molar-refractivity contribution in [1.82, 2.24) is 4.90 Å². The highest BCUT2D eigenvalue weighted by Crippen LogP contribution is 2.36. The number of benzene rings is 2. The predicted octanol–water partition coefficient (Wildman–Crippen LogP) is 3.31. The SMILES string of the molecule is COc1ccc(C2(C(=O)O)CCCN(Cc3ccccc3)C2)cc1. The molecule has 1 N–H and O–H groups in total. The molecule has 3 rings (SSSR count). The molecule has 2 aromatic rings. The second-order valence-corrected chi connectivity index (χ2v) is 6.42. The average Bonchev–Trinajstić information content (AvgIpc) is 2.62. The van der Waals surface area contributed by atoms with E-state index >= 15 is 0 Å². The molecule has 0 radical (unpaired) electrons. The van der Waals surface area contributed by atoms with Gasteiger partial charge in [-0.15, -0.1) is 0 Å². The first-order chi connectivity index (χ1) is 11.6. The van der Waals surface area contributed by atoms with Gasteiger partial charge in [0.1, 0.15) is 11.2 Å². The Morgan fingerprint density at radius 3 is 2.50 bits per heavy atom. The average molecular weight is 325 g/mol. The van der Waals surface area contributed by atoms with E-state index in [4.69, 9.17) is 4.74 Å². The number of nitrogens with zero attached hydrogens (tertiary/aromatic N) is 1. The summed E-state index contributed by atoms with van der Waals surface area (Å²) < 4.78 is 5.19. The summed E-state index contributed by atoms with van der Waals surface area (Å²) >= 11 is 0. The lowest BCUT2D eigenvalue weighted by Gasteiger charge is -2.40. The van der Waals surface area contributed by atoms with Crippen molar-refractivity contribution >= 4 is 5.97 Å². The molecule has 0 spiro atoms. The van der Waals surface area contributed by atoms with Crippen LogP contribution in [0.25, 0.3) is 0 Å². The maximum atomic E-state index is 12.2. The molecule has 24 heavy (non-hydrogen) atoms. The van der Waals surface area contributed by atoms with E-state index in [1.807, 2.05) is 42.5 Å². The van der Waals surface area contributed by atoms with Gasteiger partial charge in [-0.05, 0) is 42.6 Å². The number of ether oxygens (including phenoxy) is 1. The van der Waals surface area contributed by atoms with Gasteiger partial charge in [0, 0.05) is 13.1 Å². The van der Waals surface area contributed by atoms with Crippen LogP contribution in [0.4, 0.5) is 0 Å². The molecule has 0 amide bonds. The lowest BCUT2D eigenvalue weighted by molar-refractivity contribution is -0.146. The van der Waals surface area contributed by atoms with E-state index in [1.54, 1.807) is 7.11 Å². The molecule has 2 aromatic carbocycles. The fourth-order valence-corrected chi connectivity index (χ4v) is 3.56. The predicted molar refractivity (Wildman–Crippen MR) is 93.3 cm³/mol. The first kappa shape index (κ1) is 16.5. The van der Waals surface area contributed by atoms with Gasteiger partial charge in [0.2, 0.25) is 0 Å². The van der Waals surface area contributed by atoms with Crippen LogP contribution in [0, 0.1) is 0 Å². The molecule has 1 atom stereocenters. The van der Waals surface area contributed by atoms with Crippen molar-refractivity contribution in [2.75, 3.05) is 20.2 Å². The van der Waals surface area contributed by atoms with Crippen molar-refractivity contribution in [3.05, 3.63) is 65.7 Å². The maximum Gasteiger partial charge on any atom is 0.315 e. The molecule has 0 aliphatic carbocycles. The van der Waals surface area contributed by atoms with Crippen LogP contribution in [0.1, 0.15) is 24.0 Å². The topological polar surface area (TPSA) is 49.8 Å². The highest BCUT2D eigenvalue weighted by Gasteiger charge is 2.43. The van der Waals surface area contributed by atoms with Crippen LogP contribution in [0.2, 0.25) is 0 Å². The summed E-state index contributed by atoms with van der Waals surface area (Å²) in [6.45, 7) is 2.25. The van der Waals surface area contributed by atoms with Gasteiger partial charge in [-0.2, -0.15) is 0 Å². The summed E-state index contributed by atoms with van der Waals surface area (Å²) in [7, 11) is 1.62. The fourth-order valence-electron chi connectivity index (χ4n) is 3.56. The molecule has 1 unspecified atom stereocenters. The van der Waals surface area contributed by atoms with E-state index in [-0.39, 0.29) is 0 Å². The number of likely N-dealkylation sites (tertiary alicyclic amines) is 1. The van der Waals surface area contributed by atoms with E-state index in [0.717, 1.165) is 30.8 Å². The van der Waals surface area contributed by atoms with E-state index in [2.05, 4.69) is 17.0 Å². The Balaban J connectivity index is 1.84. The quantitative estimate of drug-likeness (QED) is 0.916. The van der Waals surface area contributed by atoms with Crippen molar-refractivity contribution in [2.45, 2.75) is 24.8 Å². The monoisotopic (exact) mass is 325 g/mol. The zero-order valence-corrected chi connectivity index (χ0v) is 13.9. The molecule has 1 aliphatic heterocycles. The van der Waals surface area contributed by atoms with Crippen molar-refractivity contribution in [2.24, 2.45) is 0 Å². The fraction of sp³-hybridized carbons (Fsp3) is 0.350. The van der Waals surface area contributed by atoms with Gasteiger partial charge >= 0.3 is 5.97 Å². The van der Waals surface area contributed by atoms with Gasteiger partial charge in [-0.3, -0.25) is 9.69 Å². The van der Waals surface area contributed by atoms with Crippen LogP contribution in [-0.4, -0.2) is 36.2 Å². The largest absolute Gasteiger partial charge is 0.497 e. The summed E-state index contributed by atoms with van der Waals surface area (Å²) in [5, 5.41) is 9.99. The van der Waals surface area contributed by atoms with Crippen LogP contribution in [-0.2, 0) is 16.8 Å². The summed E-state index contributed by atoms with van der Waals surface area (Å²) in [4.78, 5) is 14.4. The standard InChI is InChI=1S/C20H23NO3/c1-24-18-10-8-17(9-11-18)20(19(22)23)12-5-13-21(15-20)14-16-6-3-2-4-7-16/h2-4,6-11H,5,12-15H2,1H3,(H,22,23). The summed E-state index contributed by atoms with van der Waals surface area (Å²) in [5.41, 5.74) is 1.22. The lowest BCUT2D eigenvalue weighted by Crippen LogP contribution is -2.50. The summed E-state index contributed by atoms with van der Waals surface area (Å²) in [5.74, 6) is 0.00154. The molecule has 126 valence electrons. The number of methoxy groups -OCH3 is 1. The van der Waals surface area contributed by atoms with Crippen LogP contribution in [0.5, 0.6) is 5.75 Å². The Morgan fingerprint density at radius 1 is 1.17 bits per heavy atom. The molecular weight excluding hydrogens is 302 g/mol. The van der Waals surface area contributed by atoms with Crippen molar-refractivity contribution in [1.29, 1.82) is 0 Å². The molecule has 4 nitrogen and oxygen atoms in total.